The smallest absolute Gasteiger partial charge is 0.491 e. The van der Waals surface area contributed by atoms with Crippen molar-refractivity contribution < 1.29 is 32.2 Å². The van der Waals surface area contributed by atoms with Crippen LogP contribution in [0.4, 0.5) is 18.9 Å². The number of esters is 1. The van der Waals surface area contributed by atoms with Crippen LogP contribution < -0.4 is 19.9 Å². The Morgan fingerprint density at radius 1 is 1.19 bits per heavy atom. The van der Waals surface area contributed by atoms with Crippen molar-refractivity contribution in [2.75, 3.05) is 12.3 Å². The number of carbonyl (C=O) groups excluding carboxylic acids is 1. The van der Waals surface area contributed by atoms with E-state index in [2.05, 4.69) is 4.74 Å². The summed E-state index contributed by atoms with van der Waals surface area (Å²) in [6.45, 7) is 3.52. The van der Waals surface area contributed by atoms with E-state index < -0.39 is 18.1 Å². The fourth-order valence-corrected chi connectivity index (χ4v) is 2.35. The average molecular weight is 383 g/mol. The van der Waals surface area contributed by atoms with E-state index in [1.165, 1.54) is 6.92 Å². The van der Waals surface area contributed by atoms with Gasteiger partial charge >= 0.3 is 12.3 Å². The van der Waals surface area contributed by atoms with Crippen LogP contribution in [0.2, 0.25) is 0 Å². The third kappa shape index (κ3) is 5.54. The molecule has 0 aliphatic heterocycles. The highest BCUT2D eigenvalue weighted by atomic mass is 19.4. The molecule has 0 radical (unpaired) electrons. The second kappa shape index (κ2) is 8.66. The molecule has 0 aromatic heterocycles. The number of benzene rings is 2. The van der Waals surface area contributed by atoms with Gasteiger partial charge in [0.1, 0.15) is 17.1 Å². The van der Waals surface area contributed by atoms with Crippen molar-refractivity contribution >= 4 is 11.7 Å². The van der Waals surface area contributed by atoms with E-state index in [1.54, 1.807) is 30.3 Å². The molecule has 8 heteroatoms. The van der Waals surface area contributed by atoms with Crippen LogP contribution in [0, 0.1) is 6.92 Å². The standard InChI is InChI=1S/C19H20F3NO4/c1-3-4-10-25-17-14(23)11-15(27-19(20,21)22)12(2)16(17)18(24)26-13-8-6-5-7-9-13/h5-9,11H,3-4,10,23H2,1-2H3. The van der Waals surface area contributed by atoms with Crippen molar-refractivity contribution in [2.45, 2.75) is 33.1 Å². The molecule has 27 heavy (non-hydrogen) atoms. The molecular formula is C19H20F3NO4. The molecule has 0 spiro atoms. The van der Waals surface area contributed by atoms with Gasteiger partial charge in [0.25, 0.3) is 0 Å². The van der Waals surface area contributed by atoms with Crippen LogP contribution in [0.3, 0.4) is 0 Å². The summed E-state index contributed by atoms with van der Waals surface area (Å²) in [6, 6.07) is 9.13. The van der Waals surface area contributed by atoms with E-state index in [0.717, 1.165) is 12.5 Å². The van der Waals surface area contributed by atoms with Crippen LogP contribution in [0.15, 0.2) is 36.4 Å². The average Bonchev–Trinajstić information content (AvgIpc) is 2.58. The minimum atomic E-state index is -4.93. The number of anilines is 1. The second-order valence-corrected chi connectivity index (χ2v) is 5.75. The Labute approximate surface area is 154 Å². The largest absolute Gasteiger partial charge is 0.573 e. The van der Waals surface area contributed by atoms with E-state index in [4.69, 9.17) is 15.2 Å². The van der Waals surface area contributed by atoms with Gasteiger partial charge < -0.3 is 19.9 Å². The number of nitrogens with two attached hydrogens (primary N) is 1. The third-order valence-electron chi connectivity index (χ3n) is 3.65. The number of carbonyl (C=O) groups is 1. The molecule has 0 amide bonds. The summed E-state index contributed by atoms with van der Waals surface area (Å²) >= 11 is 0. The Morgan fingerprint density at radius 3 is 2.44 bits per heavy atom. The van der Waals surface area contributed by atoms with Gasteiger partial charge in [-0.3, -0.25) is 0 Å². The topological polar surface area (TPSA) is 70.8 Å². The monoisotopic (exact) mass is 383 g/mol. The minimum absolute atomic E-state index is 0.0172. The Kier molecular flexibility index (Phi) is 6.55. The Bertz CT molecular complexity index is 792. The summed E-state index contributed by atoms with van der Waals surface area (Å²) in [5.74, 6) is -1.24. The molecule has 146 valence electrons. The van der Waals surface area contributed by atoms with Crippen molar-refractivity contribution in [3.63, 3.8) is 0 Å². The lowest BCUT2D eigenvalue weighted by atomic mass is 10.0. The zero-order chi connectivity index (χ0) is 20.0. The zero-order valence-corrected chi connectivity index (χ0v) is 14.9. The number of halogens is 3. The van der Waals surface area contributed by atoms with Gasteiger partial charge in [-0.2, -0.15) is 0 Å². The molecule has 2 rings (SSSR count). The fourth-order valence-electron chi connectivity index (χ4n) is 2.35. The van der Waals surface area contributed by atoms with Crippen LogP contribution in [0.5, 0.6) is 17.2 Å². The lowest BCUT2D eigenvalue weighted by molar-refractivity contribution is -0.274. The summed E-state index contributed by atoms with van der Waals surface area (Å²) in [7, 11) is 0. The summed E-state index contributed by atoms with van der Waals surface area (Å²) < 4.78 is 52.8. The summed E-state index contributed by atoms with van der Waals surface area (Å²) in [4.78, 5) is 12.7. The highest BCUT2D eigenvalue weighted by molar-refractivity contribution is 5.98. The maximum atomic E-state index is 12.7. The van der Waals surface area contributed by atoms with Crippen molar-refractivity contribution in [1.82, 2.24) is 0 Å². The van der Waals surface area contributed by atoms with Gasteiger partial charge in [-0.25, -0.2) is 4.79 Å². The lowest BCUT2D eigenvalue weighted by Crippen LogP contribution is -2.20. The first-order valence-corrected chi connectivity index (χ1v) is 8.31. The Hall–Kier alpha value is -2.90. The molecule has 0 bridgehead atoms. The molecule has 0 aliphatic carbocycles. The highest BCUT2D eigenvalue weighted by Crippen LogP contribution is 2.39. The molecule has 0 atom stereocenters. The second-order valence-electron chi connectivity index (χ2n) is 5.75. The predicted octanol–water partition coefficient (Wildman–Crippen LogP) is 4.87. The van der Waals surface area contributed by atoms with Crippen LogP contribution >= 0.6 is 0 Å². The van der Waals surface area contributed by atoms with Crippen LogP contribution in [-0.2, 0) is 0 Å². The van der Waals surface area contributed by atoms with Gasteiger partial charge in [-0.05, 0) is 25.5 Å². The molecule has 0 unspecified atom stereocenters. The molecule has 5 nitrogen and oxygen atoms in total. The van der Waals surface area contributed by atoms with E-state index in [1.807, 2.05) is 6.92 Å². The summed E-state index contributed by atoms with van der Waals surface area (Å²) in [5, 5.41) is 0. The molecule has 0 fully saturated rings. The molecule has 2 aromatic carbocycles. The van der Waals surface area contributed by atoms with Gasteiger partial charge in [0.15, 0.2) is 5.75 Å². The first-order chi connectivity index (χ1) is 12.7. The van der Waals surface area contributed by atoms with Crippen LogP contribution in [-0.4, -0.2) is 18.9 Å². The van der Waals surface area contributed by atoms with Gasteiger partial charge in [0, 0.05) is 11.6 Å². The molecule has 0 saturated heterocycles. The molecule has 0 saturated carbocycles. The number of alkyl halides is 3. The lowest BCUT2D eigenvalue weighted by Gasteiger charge is -2.19. The molecular weight excluding hydrogens is 363 g/mol. The zero-order valence-electron chi connectivity index (χ0n) is 14.9. The van der Waals surface area contributed by atoms with Gasteiger partial charge in [-0.15, -0.1) is 13.2 Å². The number of unbranched alkanes of at least 4 members (excludes halogenated alkanes) is 1. The van der Waals surface area contributed by atoms with Gasteiger partial charge in [0.2, 0.25) is 0 Å². The fraction of sp³-hybridized carbons (Fsp3) is 0.316. The number of nitrogen functional groups attached to an aromatic ring is 1. The van der Waals surface area contributed by atoms with Crippen molar-refractivity contribution in [3.05, 3.63) is 47.5 Å². The molecule has 2 N–H and O–H groups in total. The number of ether oxygens (including phenoxy) is 3. The summed E-state index contributed by atoms with van der Waals surface area (Å²) in [6.07, 6.45) is -3.41. The van der Waals surface area contributed by atoms with Crippen LogP contribution in [0.25, 0.3) is 0 Å². The number of hydrogen-bond acceptors (Lipinski definition) is 5. The predicted molar refractivity (Wildman–Crippen MR) is 94.1 cm³/mol. The Balaban J connectivity index is 2.46. The highest BCUT2D eigenvalue weighted by Gasteiger charge is 2.34. The quantitative estimate of drug-likeness (QED) is 0.320. The van der Waals surface area contributed by atoms with Crippen molar-refractivity contribution in [1.29, 1.82) is 0 Å². The first-order valence-electron chi connectivity index (χ1n) is 8.31. The maximum absolute atomic E-state index is 12.7. The Morgan fingerprint density at radius 2 is 1.85 bits per heavy atom. The summed E-state index contributed by atoms with van der Waals surface area (Å²) in [5.41, 5.74) is 5.43. The van der Waals surface area contributed by atoms with E-state index in [9.17, 15) is 18.0 Å². The SMILES string of the molecule is CCCCOc1c(N)cc(OC(F)(F)F)c(C)c1C(=O)Oc1ccccc1. The first kappa shape index (κ1) is 20.4. The van der Waals surface area contributed by atoms with E-state index in [-0.39, 0.29) is 34.9 Å². The third-order valence-corrected chi connectivity index (χ3v) is 3.65. The van der Waals surface area contributed by atoms with E-state index in [0.29, 0.717) is 6.42 Å². The van der Waals surface area contributed by atoms with Crippen LogP contribution in [0.1, 0.15) is 35.7 Å². The van der Waals surface area contributed by atoms with E-state index >= 15 is 0 Å². The number of hydrogen-bond donors (Lipinski definition) is 1. The maximum Gasteiger partial charge on any atom is 0.573 e. The molecule has 0 heterocycles. The molecule has 0 aliphatic rings. The normalized spacial score (nSPS) is 11.1. The van der Waals surface area contributed by atoms with Gasteiger partial charge in [0.05, 0.1) is 12.3 Å². The van der Waals surface area contributed by atoms with Gasteiger partial charge in [-0.1, -0.05) is 31.5 Å². The molecule has 2 aromatic rings. The minimum Gasteiger partial charge on any atom is -0.491 e. The number of rotatable bonds is 7. The number of para-hydroxylation sites is 1. The van der Waals surface area contributed by atoms with Crippen molar-refractivity contribution in [3.8, 4) is 17.2 Å². The van der Waals surface area contributed by atoms with Crippen molar-refractivity contribution in [2.24, 2.45) is 0 Å².